The van der Waals surface area contributed by atoms with Crippen LogP contribution >= 0.6 is 22.9 Å². The van der Waals surface area contributed by atoms with Crippen LogP contribution in [0.25, 0.3) is 0 Å². The van der Waals surface area contributed by atoms with E-state index in [9.17, 15) is 18.4 Å². The van der Waals surface area contributed by atoms with Crippen molar-refractivity contribution in [2.45, 2.75) is 20.0 Å². The fourth-order valence-electron chi connectivity index (χ4n) is 2.49. The van der Waals surface area contributed by atoms with Gasteiger partial charge in [0.2, 0.25) is 0 Å². The summed E-state index contributed by atoms with van der Waals surface area (Å²) >= 11 is 7.10. The first-order chi connectivity index (χ1) is 13.4. The third kappa shape index (κ3) is 4.37. The predicted molar refractivity (Wildman–Crippen MR) is 103 cm³/mol. The molecular weight excluding hydrogens is 410 g/mol. The van der Waals surface area contributed by atoms with Gasteiger partial charge in [0.1, 0.15) is 5.82 Å². The lowest BCUT2D eigenvalue weighted by atomic mass is 10.2. The number of rotatable bonds is 6. The summed E-state index contributed by atoms with van der Waals surface area (Å²) in [6.45, 7) is -1.16. The van der Waals surface area contributed by atoms with Crippen LogP contribution < -0.4 is 10.6 Å². The van der Waals surface area contributed by atoms with Crippen LogP contribution in [-0.4, -0.2) is 21.4 Å². The minimum absolute atomic E-state index is 0.0461. The number of aryl methyl sites for hydroxylation is 1. The van der Waals surface area contributed by atoms with Crippen LogP contribution in [-0.2, 0) is 6.54 Å². The number of hydrogen-bond acceptors (Lipinski definition) is 4. The number of anilines is 1. The van der Waals surface area contributed by atoms with Crippen LogP contribution in [0.2, 0.25) is 5.02 Å². The van der Waals surface area contributed by atoms with E-state index in [1.165, 1.54) is 6.20 Å². The number of carbonyl (C=O) groups is 2. The van der Waals surface area contributed by atoms with Gasteiger partial charge in [-0.25, -0.2) is 4.98 Å². The molecule has 0 spiro atoms. The normalized spacial score (nSPS) is 10.9. The van der Waals surface area contributed by atoms with E-state index in [2.05, 4.69) is 15.6 Å². The zero-order valence-corrected chi connectivity index (χ0v) is 16.2. The molecule has 3 rings (SSSR count). The molecular formula is C18H15ClF2N4O2S. The second-order valence-electron chi connectivity index (χ2n) is 5.77. The van der Waals surface area contributed by atoms with Gasteiger partial charge in [-0.3, -0.25) is 14.2 Å². The van der Waals surface area contributed by atoms with Crippen LogP contribution in [0, 0.1) is 6.92 Å². The Labute approximate surface area is 168 Å². The highest BCUT2D eigenvalue weighted by atomic mass is 35.5. The number of halogens is 3. The first-order valence-electron chi connectivity index (χ1n) is 8.11. The number of hydrogen-bond donors (Lipinski definition) is 2. The quantitative estimate of drug-likeness (QED) is 0.612. The summed E-state index contributed by atoms with van der Waals surface area (Å²) in [6, 6.07) is 8.28. The molecule has 0 aliphatic carbocycles. The second-order valence-corrected chi connectivity index (χ2v) is 7.23. The Kier molecular flexibility index (Phi) is 6.05. The average Bonchev–Trinajstić information content (AvgIpc) is 3.26. The molecule has 2 N–H and O–H groups in total. The van der Waals surface area contributed by atoms with Gasteiger partial charge in [-0.2, -0.15) is 8.78 Å². The van der Waals surface area contributed by atoms with Gasteiger partial charge in [-0.1, -0.05) is 23.7 Å². The number of benzene rings is 1. The molecule has 0 fully saturated rings. The van der Waals surface area contributed by atoms with E-state index in [1.54, 1.807) is 37.3 Å². The van der Waals surface area contributed by atoms with E-state index in [1.807, 2.05) is 0 Å². The van der Waals surface area contributed by atoms with Crippen molar-refractivity contribution >= 4 is 39.8 Å². The van der Waals surface area contributed by atoms with Gasteiger partial charge in [0.05, 0.1) is 27.0 Å². The number of alkyl halides is 2. The molecule has 0 bridgehead atoms. The largest absolute Gasteiger partial charge is 0.344 e. The van der Waals surface area contributed by atoms with Gasteiger partial charge in [-0.05, 0) is 30.7 Å². The highest BCUT2D eigenvalue weighted by molar-refractivity contribution is 7.18. The Hall–Kier alpha value is -2.78. The van der Waals surface area contributed by atoms with Gasteiger partial charge in [0.25, 0.3) is 11.8 Å². The molecule has 0 saturated carbocycles. The van der Waals surface area contributed by atoms with E-state index < -0.39 is 18.4 Å². The Morgan fingerprint density at radius 2 is 2.04 bits per heavy atom. The summed E-state index contributed by atoms with van der Waals surface area (Å²) in [7, 11) is 0. The number of carbonyl (C=O) groups excluding carboxylic acids is 2. The molecule has 2 amide bonds. The summed E-state index contributed by atoms with van der Waals surface area (Å²) in [4.78, 5) is 28.9. The number of aromatic nitrogens is 2. The first kappa shape index (κ1) is 20.0. The predicted octanol–water partition coefficient (Wildman–Crippen LogP) is 4.48. The highest BCUT2D eigenvalue weighted by Crippen LogP contribution is 2.28. The standard InChI is InChI=1S/C18H15ClF2N4O2S/c1-10-8-14(24-16(26)11-4-2-3-5-12(11)19)28-15(10)17(27)23-9-13-22-6-7-25(13)18(20)21/h2-8,18H,9H2,1H3,(H,23,27)(H,24,26). The number of amides is 2. The molecule has 2 heterocycles. The fraction of sp³-hybridized carbons (Fsp3) is 0.167. The van der Waals surface area contributed by atoms with E-state index in [0.29, 0.717) is 30.6 Å². The number of imidazole rings is 1. The Bertz CT molecular complexity index is 1020. The molecule has 1 aromatic carbocycles. The molecule has 146 valence electrons. The van der Waals surface area contributed by atoms with Gasteiger partial charge >= 0.3 is 6.55 Å². The minimum atomic E-state index is -2.73. The first-order valence-corrected chi connectivity index (χ1v) is 9.30. The van der Waals surface area contributed by atoms with Crippen LogP contribution in [0.1, 0.15) is 38.0 Å². The van der Waals surface area contributed by atoms with Gasteiger partial charge in [0, 0.05) is 12.4 Å². The Morgan fingerprint density at radius 3 is 2.75 bits per heavy atom. The third-order valence-electron chi connectivity index (χ3n) is 3.85. The van der Waals surface area contributed by atoms with Crippen LogP contribution in [0.4, 0.5) is 13.8 Å². The lowest BCUT2D eigenvalue weighted by molar-refractivity contribution is 0.0660. The molecule has 28 heavy (non-hydrogen) atoms. The zero-order valence-electron chi connectivity index (χ0n) is 14.6. The van der Waals surface area contributed by atoms with Crippen molar-refractivity contribution in [3.63, 3.8) is 0 Å². The summed E-state index contributed by atoms with van der Waals surface area (Å²) in [6.07, 6.45) is 2.39. The fourth-order valence-corrected chi connectivity index (χ4v) is 3.70. The molecule has 3 aromatic rings. The maximum atomic E-state index is 12.8. The van der Waals surface area contributed by atoms with E-state index in [0.717, 1.165) is 17.5 Å². The molecule has 0 unspecified atom stereocenters. The van der Waals surface area contributed by atoms with Crippen molar-refractivity contribution < 1.29 is 18.4 Å². The zero-order chi connectivity index (χ0) is 20.3. The maximum Gasteiger partial charge on any atom is 0.319 e. The SMILES string of the molecule is Cc1cc(NC(=O)c2ccccc2Cl)sc1C(=O)NCc1nccn1C(F)F. The smallest absolute Gasteiger partial charge is 0.319 e. The molecule has 2 aromatic heterocycles. The summed E-state index contributed by atoms with van der Waals surface area (Å²) in [5.74, 6) is -0.785. The number of thiophene rings is 1. The second kappa shape index (κ2) is 8.49. The van der Waals surface area contributed by atoms with Crippen molar-refractivity contribution in [3.8, 4) is 0 Å². The van der Waals surface area contributed by atoms with Crippen molar-refractivity contribution in [2.75, 3.05) is 5.32 Å². The topological polar surface area (TPSA) is 76.0 Å². The summed E-state index contributed by atoms with van der Waals surface area (Å²) < 4.78 is 26.3. The summed E-state index contributed by atoms with van der Waals surface area (Å²) in [5.41, 5.74) is 0.967. The monoisotopic (exact) mass is 424 g/mol. The molecule has 0 aliphatic heterocycles. The number of nitrogens with one attached hydrogen (secondary N) is 2. The lowest BCUT2D eigenvalue weighted by Crippen LogP contribution is -2.24. The van der Waals surface area contributed by atoms with E-state index in [-0.39, 0.29) is 12.4 Å². The van der Waals surface area contributed by atoms with E-state index in [4.69, 9.17) is 11.6 Å². The molecule has 10 heteroatoms. The molecule has 0 aliphatic rings. The maximum absolute atomic E-state index is 12.8. The third-order valence-corrected chi connectivity index (χ3v) is 5.33. The molecule has 6 nitrogen and oxygen atoms in total. The number of nitrogens with zero attached hydrogens (tertiary/aromatic N) is 2. The Morgan fingerprint density at radius 1 is 1.29 bits per heavy atom. The van der Waals surface area contributed by atoms with Gasteiger partial charge in [-0.15, -0.1) is 11.3 Å². The van der Waals surface area contributed by atoms with Crippen LogP contribution in [0.3, 0.4) is 0 Å². The van der Waals surface area contributed by atoms with Gasteiger partial charge < -0.3 is 10.6 Å². The van der Waals surface area contributed by atoms with Crippen LogP contribution in [0.5, 0.6) is 0 Å². The van der Waals surface area contributed by atoms with Crippen molar-refractivity contribution in [2.24, 2.45) is 0 Å². The highest BCUT2D eigenvalue weighted by Gasteiger charge is 2.18. The minimum Gasteiger partial charge on any atom is -0.344 e. The molecule has 0 radical (unpaired) electrons. The lowest BCUT2D eigenvalue weighted by Gasteiger charge is -2.07. The van der Waals surface area contributed by atoms with Crippen molar-refractivity contribution in [1.29, 1.82) is 0 Å². The van der Waals surface area contributed by atoms with Crippen molar-refractivity contribution in [1.82, 2.24) is 14.9 Å². The van der Waals surface area contributed by atoms with Crippen LogP contribution in [0.15, 0.2) is 42.7 Å². The molecule has 0 saturated heterocycles. The summed E-state index contributed by atoms with van der Waals surface area (Å²) in [5, 5.41) is 6.07. The average molecular weight is 425 g/mol. The Balaban J connectivity index is 1.68. The van der Waals surface area contributed by atoms with Gasteiger partial charge in [0.15, 0.2) is 0 Å². The van der Waals surface area contributed by atoms with E-state index >= 15 is 0 Å². The van der Waals surface area contributed by atoms with Crippen molar-refractivity contribution in [3.05, 3.63) is 69.6 Å². The molecule has 0 atom stereocenters.